The lowest BCUT2D eigenvalue weighted by Gasteiger charge is -2.42. The zero-order valence-electron chi connectivity index (χ0n) is 16.1. The average Bonchev–Trinajstić information content (AvgIpc) is 2.62. The molecule has 0 aromatic rings. The maximum absolute atomic E-state index is 12.0. The molecule has 1 rings (SSSR count). The Labute approximate surface area is 180 Å². The highest BCUT2D eigenvalue weighted by molar-refractivity contribution is 6.67. The molecule has 1 aliphatic rings. The van der Waals surface area contributed by atoms with Crippen LogP contribution in [0.5, 0.6) is 0 Å². The molecule has 11 heteroatoms. The van der Waals surface area contributed by atoms with Gasteiger partial charge in [0.25, 0.3) is 0 Å². The van der Waals surface area contributed by atoms with Gasteiger partial charge in [0.15, 0.2) is 6.29 Å². The number of amides is 1. The van der Waals surface area contributed by atoms with Gasteiger partial charge in [0, 0.05) is 13.2 Å². The first-order valence-electron chi connectivity index (χ1n) is 9.40. The Bertz CT molecular complexity index is 453. The van der Waals surface area contributed by atoms with Gasteiger partial charge >= 0.3 is 6.09 Å². The molecule has 0 bridgehead atoms. The SMILES string of the molecule is CCCCOCC1O[C@H](O)C(NC(=O)OCC(Cl)(Cl)Cl)C(OCCCC)[C@@H]1O. The van der Waals surface area contributed by atoms with Gasteiger partial charge in [-0.25, -0.2) is 4.79 Å². The van der Waals surface area contributed by atoms with Gasteiger partial charge < -0.3 is 34.5 Å². The Morgan fingerprint density at radius 3 is 2.39 bits per heavy atom. The zero-order chi connectivity index (χ0) is 21.2. The second-order valence-corrected chi connectivity index (χ2v) is 9.05. The van der Waals surface area contributed by atoms with Gasteiger partial charge in [-0.1, -0.05) is 61.5 Å². The number of alkyl carbamates (subject to hydrolysis) is 1. The summed E-state index contributed by atoms with van der Waals surface area (Å²) < 4.78 is 19.7. The third-order valence-electron chi connectivity index (χ3n) is 4.08. The molecular formula is C17H30Cl3NO7. The number of hydrogen-bond donors (Lipinski definition) is 3. The quantitative estimate of drug-likeness (QED) is 0.317. The lowest BCUT2D eigenvalue weighted by Crippen LogP contribution is -2.65. The first-order valence-corrected chi connectivity index (χ1v) is 10.5. The van der Waals surface area contributed by atoms with E-state index in [1.165, 1.54) is 0 Å². The molecule has 1 amide bonds. The number of aliphatic hydroxyl groups is 2. The van der Waals surface area contributed by atoms with Gasteiger partial charge in [0.1, 0.15) is 31.0 Å². The van der Waals surface area contributed by atoms with Crippen molar-refractivity contribution in [2.24, 2.45) is 0 Å². The average molecular weight is 467 g/mol. The largest absolute Gasteiger partial charge is 0.445 e. The van der Waals surface area contributed by atoms with E-state index < -0.39 is 47.1 Å². The molecule has 0 aliphatic carbocycles. The minimum Gasteiger partial charge on any atom is -0.445 e. The molecule has 5 atom stereocenters. The minimum atomic E-state index is -1.77. The van der Waals surface area contributed by atoms with Crippen molar-refractivity contribution >= 4 is 40.9 Å². The van der Waals surface area contributed by atoms with Crippen molar-refractivity contribution in [3.05, 3.63) is 0 Å². The molecule has 8 nitrogen and oxygen atoms in total. The highest BCUT2D eigenvalue weighted by Crippen LogP contribution is 2.26. The minimum absolute atomic E-state index is 0.0935. The van der Waals surface area contributed by atoms with Crippen molar-refractivity contribution in [2.75, 3.05) is 26.4 Å². The number of hydrogen-bond acceptors (Lipinski definition) is 7. The smallest absolute Gasteiger partial charge is 0.407 e. The predicted octanol–water partition coefficient (Wildman–Crippen LogP) is 2.53. The number of halogens is 3. The molecule has 28 heavy (non-hydrogen) atoms. The summed E-state index contributed by atoms with van der Waals surface area (Å²) in [5, 5.41) is 23.4. The van der Waals surface area contributed by atoms with E-state index in [1.807, 2.05) is 13.8 Å². The summed E-state index contributed by atoms with van der Waals surface area (Å²) in [6.07, 6.45) is -1.73. The standard InChI is InChI=1S/C17H30Cl3NO7/c1-3-5-7-25-9-11-13(22)14(26-8-6-4-2)12(15(23)28-11)21-16(24)27-10-17(18,19)20/h11-15,22-23H,3-10H2,1-2H3,(H,21,24)/t11?,12?,13-,14?,15+/m1/s1. The molecule has 1 saturated heterocycles. The van der Waals surface area contributed by atoms with Crippen LogP contribution in [0.15, 0.2) is 0 Å². The number of nitrogens with one attached hydrogen (secondary N) is 1. The van der Waals surface area contributed by atoms with Crippen molar-refractivity contribution in [2.45, 2.75) is 74.0 Å². The van der Waals surface area contributed by atoms with E-state index in [4.69, 9.17) is 53.8 Å². The van der Waals surface area contributed by atoms with Crippen LogP contribution in [-0.4, -0.2) is 77.2 Å². The third kappa shape index (κ3) is 9.63. The number of carbonyl (C=O) groups is 1. The fourth-order valence-electron chi connectivity index (χ4n) is 2.56. The van der Waals surface area contributed by atoms with Crippen LogP contribution in [0.25, 0.3) is 0 Å². The van der Waals surface area contributed by atoms with Gasteiger partial charge in [0.05, 0.1) is 6.61 Å². The Kier molecular flexibility index (Phi) is 12.3. The number of alkyl halides is 3. The highest BCUT2D eigenvalue weighted by atomic mass is 35.6. The maximum Gasteiger partial charge on any atom is 0.407 e. The van der Waals surface area contributed by atoms with Crippen LogP contribution in [-0.2, 0) is 18.9 Å². The molecule has 166 valence electrons. The van der Waals surface area contributed by atoms with Gasteiger partial charge in [0.2, 0.25) is 3.79 Å². The van der Waals surface area contributed by atoms with Crippen molar-refractivity contribution in [3.8, 4) is 0 Å². The Hall–Kier alpha value is -0.0600. The van der Waals surface area contributed by atoms with Crippen LogP contribution in [0.1, 0.15) is 39.5 Å². The molecule has 0 radical (unpaired) electrons. The monoisotopic (exact) mass is 465 g/mol. The first-order chi connectivity index (χ1) is 13.2. The second-order valence-electron chi connectivity index (χ2n) is 6.53. The van der Waals surface area contributed by atoms with E-state index in [-0.39, 0.29) is 6.61 Å². The van der Waals surface area contributed by atoms with Crippen molar-refractivity contribution in [1.29, 1.82) is 0 Å². The summed E-state index contributed by atoms with van der Waals surface area (Å²) in [5.74, 6) is 0. The van der Waals surface area contributed by atoms with Crippen LogP contribution < -0.4 is 5.32 Å². The van der Waals surface area contributed by atoms with Gasteiger partial charge in [-0.05, 0) is 12.8 Å². The van der Waals surface area contributed by atoms with E-state index in [0.717, 1.165) is 25.7 Å². The molecule has 1 heterocycles. The summed E-state index contributed by atoms with van der Waals surface area (Å²) in [6, 6.07) is -1.07. The van der Waals surface area contributed by atoms with Crippen LogP contribution >= 0.6 is 34.8 Å². The number of ether oxygens (including phenoxy) is 4. The number of aliphatic hydroxyl groups excluding tert-OH is 2. The van der Waals surface area contributed by atoms with Crippen LogP contribution in [0.3, 0.4) is 0 Å². The molecule has 1 fully saturated rings. The van der Waals surface area contributed by atoms with Crippen molar-refractivity contribution in [3.63, 3.8) is 0 Å². The summed E-state index contributed by atoms with van der Waals surface area (Å²) in [4.78, 5) is 12.0. The topological polar surface area (TPSA) is 106 Å². The Balaban J connectivity index is 2.72. The molecule has 0 aromatic carbocycles. The normalized spacial score (nSPS) is 28.2. The van der Waals surface area contributed by atoms with E-state index in [9.17, 15) is 15.0 Å². The fraction of sp³-hybridized carbons (Fsp3) is 0.941. The lowest BCUT2D eigenvalue weighted by molar-refractivity contribution is -0.264. The van der Waals surface area contributed by atoms with Gasteiger partial charge in [-0.3, -0.25) is 0 Å². The molecule has 0 spiro atoms. The third-order valence-corrected chi connectivity index (χ3v) is 4.40. The van der Waals surface area contributed by atoms with E-state index >= 15 is 0 Å². The highest BCUT2D eigenvalue weighted by Gasteiger charge is 2.46. The molecular weight excluding hydrogens is 437 g/mol. The van der Waals surface area contributed by atoms with Crippen molar-refractivity contribution < 1.29 is 34.0 Å². The Morgan fingerprint density at radius 1 is 1.14 bits per heavy atom. The van der Waals surface area contributed by atoms with Crippen molar-refractivity contribution in [1.82, 2.24) is 5.32 Å². The Morgan fingerprint density at radius 2 is 1.79 bits per heavy atom. The maximum atomic E-state index is 12.0. The van der Waals surface area contributed by atoms with Crippen LogP contribution in [0.4, 0.5) is 4.79 Å². The van der Waals surface area contributed by atoms with E-state index in [1.54, 1.807) is 0 Å². The number of rotatable bonds is 11. The molecule has 0 saturated carbocycles. The zero-order valence-corrected chi connectivity index (χ0v) is 18.4. The summed E-state index contributed by atoms with van der Waals surface area (Å²) in [7, 11) is 0. The van der Waals surface area contributed by atoms with Crippen LogP contribution in [0.2, 0.25) is 0 Å². The summed E-state index contributed by atoms with van der Waals surface area (Å²) in [5.41, 5.74) is 0. The van der Waals surface area contributed by atoms with Gasteiger partial charge in [-0.2, -0.15) is 0 Å². The summed E-state index contributed by atoms with van der Waals surface area (Å²) in [6.45, 7) is 4.50. The van der Waals surface area contributed by atoms with Gasteiger partial charge in [-0.15, -0.1) is 0 Å². The van der Waals surface area contributed by atoms with E-state index in [2.05, 4.69) is 5.32 Å². The van der Waals surface area contributed by atoms with E-state index in [0.29, 0.717) is 13.2 Å². The summed E-state index contributed by atoms with van der Waals surface area (Å²) >= 11 is 16.6. The molecule has 0 aromatic heterocycles. The predicted molar refractivity (Wildman–Crippen MR) is 106 cm³/mol. The fourth-order valence-corrected chi connectivity index (χ4v) is 2.72. The molecule has 1 aliphatic heterocycles. The lowest BCUT2D eigenvalue weighted by atomic mass is 9.96. The molecule has 3 unspecified atom stereocenters. The number of unbranched alkanes of at least 4 members (excludes halogenated alkanes) is 2. The number of carbonyl (C=O) groups excluding carboxylic acids is 1. The first kappa shape index (κ1) is 26.0. The van der Waals surface area contributed by atoms with Crippen LogP contribution in [0, 0.1) is 0 Å². The molecule has 3 N–H and O–H groups in total. The second kappa shape index (κ2) is 13.3.